The van der Waals surface area contributed by atoms with Crippen LogP contribution in [0.15, 0.2) is 60.8 Å². The summed E-state index contributed by atoms with van der Waals surface area (Å²) in [5.41, 5.74) is 1.19. The van der Waals surface area contributed by atoms with Gasteiger partial charge in [0, 0.05) is 24.2 Å². The van der Waals surface area contributed by atoms with Crippen molar-refractivity contribution in [3.05, 3.63) is 82.5 Å². The summed E-state index contributed by atoms with van der Waals surface area (Å²) in [5, 5.41) is 8.01. The molecule has 0 aliphatic carbocycles. The molecule has 158 valence electrons. The van der Waals surface area contributed by atoms with Crippen molar-refractivity contribution >= 4 is 28.5 Å². The topological polar surface area (TPSA) is 59.8 Å². The molecule has 4 rings (SSSR count). The molecule has 2 heterocycles. The van der Waals surface area contributed by atoms with Gasteiger partial charge in [-0.1, -0.05) is 35.9 Å². The first kappa shape index (κ1) is 20.9. The molecule has 4 aromatic rings. The third-order valence-electron chi connectivity index (χ3n) is 4.78. The van der Waals surface area contributed by atoms with E-state index in [1.54, 1.807) is 25.2 Å². The molecule has 0 fully saturated rings. The second-order valence-electron chi connectivity index (χ2n) is 6.95. The lowest BCUT2D eigenvalue weighted by molar-refractivity contribution is -0.137. The summed E-state index contributed by atoms with van der Waals surface area (Å²) in [6, 6.07) is 13.4. The fraction of sp³-hybridized carbons (Fsp3) is 0.136. The molecule has 0 spiro atoms. The van der Waals surface area contributed by atoms with Crippen molar-refractivity contribution < 1.29 is 18.0 Å². The number of nitrogens with one attached hydrogen (secondary N) is 1. The molecule has 5 nitrogen and oxygen atoms in total. The molecule has 0 unspecified atom stereocenters. The highest BCUT2D eigenvalue weighted by Crippen LogP contribution is 2.32. The van der Waals surface area contributed by atoms with Crippen molar-refractivity contribution in [3.8, 4) is 11.3 Å². The first-order chi connectivity index (χ1) is 14.7. The van der Waals surface area contributed by atoms with Crippen LogP contribution < -0.4 is 5.32 Å². The van der Waals surface area contributed by atoms with Gasteiger partial charge >= 0.3 is 6.18 Å². The number of carbonyl (C=O) groups excluding carboxylic acids is 1. The van der Waals surface area contributed by atoms with Crippen molar-refractivity contribution in [2.75, 3.05) is 0 Å². The molecule has 1 amide bonds. The molecule has 2 aromatic carbocycles. The van der Waals surface area contributed by atoms with E-state index in [1.807, 2.05) is 6.07 Å². The number of halogens is 4. The van der Waals surface area contributed by atoms with E-state index in [9.17, 15) is 18.0 Å². The quantitative estimate of drug-likeness (QED) is 0.468. The average Bonchev–Trinajstić information content (AvgIpc) is 3.12. The van der Waals surface area contributed by atoms with Gasteiger partial charge in [0.2, 0.25) is 0 Å². The highest BCUT2D eigenvalue weighted by atomic mass is 35.5. The van der Waals surface area contributed by atoms with Gasteiger partial charge in [0.15, 0.2) is 5.65 Å². The molecule has 0 saturated carbocycles. The molecule has 1 N–H and O–H groups in total. The van der Waals surface area contributed by atoms with Gasteiger partial charge in [0.05, 0.1) is 28.4 Å². The molecule has 2 aromatic heterocycles. The summed E-state index contributed by atoms with van der Waals surface area (Å²) < 4.78 is 40.9. The van der Waals surface area contributed by atoms with Crippen molar-refractivity contribution in [2.45, 2.75) is 12.7 Å². The van der Waals surface area contributed by atoms with Crippen LogP contribution in [-0.4, -0.2) is 20.7 Å². The number of amides is 1. The Balaban J connectivity index is 1.73. The smallest absolute Gasteiger partial charge is 0.348 e. The van der Waals surface area contributed by atoms with Crippen LogP contribution >= 0.6 is 11.6 Å². The highest BCUT2D eigenvalue weighted by molar-refractivity contribution is 6.30. The molecular formula is C22H16ClF3N4O. The predicted octanol–water partition coefficient (Wildman–Crippen LogP) is 5.24. The van der Waals surface area contributed by atoms with Gasteiger partial charge in [0.1, 0.15) is 0 Å². The van der Waals surface area contributed by atoms with Crippen LogP contribution in [0.5, 0.6) is 0 Å². The molecule has 0 saturated heterocycles. The number of benzene rings is 2. The summed E-state index contributed by atoms with van der Waals surface area (Å²) in [6.45, 7) is 0.238. The lowest BCUT2D eigenvalue weighted by Crippen LogP contribution is -2.23. The monoisotopic (exact) mass is 444 g/mol. The van der Waals surface area contributed by atoms with Crippen LogP contribution in [-0.2, 0) is 19.8 Å². The van der Waals surface area contributed by atoms with Gasteiger partial charge in [0.25, 0.3) is 5.91 Å². The van der Waals surface area contributed by atoms with E-state index >= 15 is 0 Å². The van der Waals surface area contributed by atoms with Crippen molar-refractivity contribution in [3.63, 3.8) is 0 Å². The van der Waals surface area contributed by atoms with Crippen molar-refractivity contribution in [1.82, 2.24) is 20.1 Å². The van der Waals surface area contributed by atoms with Gasteiger partial charge in [-0.2, -0.15) is 18.3 Å². The van der Waals surface area contributed by atoms with Crippen molar-refractivity contribution in [1.29, 1.82) is 0 Å². The van der Waals surface area contributed by atoms with Crippen molar-refractivity contribution in [2.24, 2.45) is 7.05 Å². The Labute approximate surface area is 180 Å². The van der Waals surface area contributed by atoms with E-state index in [0.717, 1.165) is 17.7 Å². The van der Waals surface area contributed by atoms with Crippen LogP contribution in [0.25, 0.3) is 22.3 Å². The highest BCUT2D eigenvalue weighted by Gasteiger charge is 2.30. The third kappa shape index (κ3) is 4.39. The maximum absolute atomic E-state index is 13.1. The van der Waals surface area contributed by atoms with Crippen LogP contribution in [0, 0.1) is 0 Å². The zero-order valence-corrected chi connectivity index (χ0v) is 17.0. The first-order valence-electron chi connectivity index (χ1n) is 9.25. The van der Waals surface area contributed by atoms with E-state index in [4.69, 9.17) is 11.6 Å². The number of nitrogens with zero attached hydrogens (tertiary/aromatic N) is 3. The number of fused-ring (bicyclic) bond motifs is 1. The lowest BCUT2D eigenvalue weighted by Gasteiger charge is -2.11. The third-order valence-corrected chi connectivity index (χ3v) is 5.01. The normalized spacial score (nSPS) is 11.6. The predicted molar refractivity (Wildman–Crippen MR) is 112 cm³/mol. The summed E-state index contributed by atoms with van der Waals surface area (Å²) in [7, 11) is 1.65. The number of rotatable bonds is 4. The van der Waals surface area contributed by atoms with Gasteiger partial charge in [-0.15, -0.1) is 0 Å². The van der Waals surface area contributed by atoms with E-state index in [-0.39, 0.29) is 23.4 Å². The van der Waals surface area contributed by atoms with E-state index in [1.165, 1.54) is 29.1 Å². The Morgan fingerprint density at radius 3 is 2.65 bits per heavy atom. The number of pyridine rings is 1. The second-order valence-corrected chi connectivity index (χ2v) is 7.39. The second kappa shape index (κ2) is 8.03. The molecule has 0 radical (unpaired) electrons. The van der Waals surface area contributed by atoms with Gasteiger partial charge < -0.3 is 5.32 Å². The van der Waals surface area contributed by atoms with Gasteiger partial charge in [-0.3, -0.25) is 9.48 Å². The van der Waals surface area contributed by atoms with Crippen LogP contribution in [0.2, 0.25) is 5.02 Å². The lowest BCUT2D eigenvalue weighted by atomic mass is 10.0. The Morgan fingerprint density at radius 1 is 1.13 bits per heavy atom. The first-order valence-corrected chi connectivity index (χ1v) is 9.63. The molecule has 0 aliphatic heterocycles. The van der Waals surface area contributed by atoms with Gasteiger partial charge in [-0.25, -0.2) is 4.98 Å². The zero-order chi connectivity index (χ0) is 22.2. The summed E-state index contributed by atoms with van der Waals surface area (Å²) >= 11 is 5.98. The standard InChI is InChI=1S/C22H16ClF3N4O/c1-30-20-18(12-28-30)17(21(31)27-11-13-4-2-7-16(23)8-13)10-19(29-20)14-5-3-6-15(9-14)22(24,25)26/h2-10,12H,11H2,1H3,(H,27,31). The minimum Gasteiger partial charge on any atom is -0.348 e. The van der Waals surface area contributed by atoms with Crippen LogP contribution in [0.3, 0.4) is 0 Å². The Morgan fingerprint density at radius 2 is 1.90 bits per heavy atom. The maximum Gasteiger partial charge on any atom is 0.416 e. The molecule has 0 atom stereocenters. The maximum atomic E-state index is 13.1. The largest absolute Gasteiger partial charge is 0.416 e. The van der Waals surface area contributed by atoms with E-state index in [0.29, 0.717) is 16.1 Å². The number of hydrogen-bond donors (Lipinski definition) is 1. The fourth-order valence-electron chi connectivity index (χ4n) is 3.23. The Bertz CT molecular complexity index is 1280. The summed E-state index contributed by atoms with van der Waals surface area (Å²) in [5.74, 6) is -0.395. The zero-order valence-electron chi connectivity index (χ0n) is 16.2. The van der Waals surface area contributed by atoms with E-state index < -0.39 is 17.6 Å². The number of aromatic nitrogens is 3. The molecular weight excluding hydrogens is 429 g/mol. The number of aryl methyl sites for hydroxylation is 1. The van der Waals surface area contributed by atoms with E-state index in [2.05, 4.69) is 15.4 Å². The minimum absolute atomic E-state index is 0.238. The molecule has 9 heteroatoms. The number of carbonyl (C=O) groups is 1. The molecule has 31 heavy (non-hydrogen) atoms. The number of alkyl halides is 3. The average molecular weight is 445 g/mol. The Hall–Kier alpha value is -3.39. The summed E-state index contributed by atoms with van der Waals surface area (Å²) in [4.78, 5) is 17.4. The SMILES string of the molecule is Cn1ncc2c(C(=O)NCc3cccc(Cl)c3)cc(-c3cccc(C(F)(F)F)c3)nc21. The molecule has 0 aliphatic rings. The minimum atomic E-state index is -4.48. The fourth-order valence-corrected chi connectivity index (χ4v) is 3.44. The number of hydrogen-bond acceptors (Lipinski definition) is 3. The molecule has 0 bridgehead atoms. The van der Waals surface area contributed by atoms with Gasteiger partial charge in [-0.05, 0) is 35.9 Å². The Kier molecular flexibility index (Phi) is 5.41. The van der Waals surface area contributed by atoms with Crippen LogP contribution in [0.1, 0.15) is 21.5 Å². The van der Waals surface area contributed by atoms with Crippen LogP contribution in [0.4, 0.5) is 13.2 Å². The summed E-state index contributed by atoms with van der Waals surface area (Å²) in [6.07, 6.45) is -2.98.